The summed E-state index contributed by atoms with van der Waals surface area (Å²) < 4.78 is 16.4. The molecule has 2 atom stereocenters. The van der Waals surface area contributed by atoms with Crippen LogP contribution in [-0.2, 0) is 32.1 Å². The molecule has 2 rings (SSSR count). The van der Waals surface area contributed by atoms with Crippen molar-refractivity contribution in [2.45, 2.75) is 65.4 Å². The Hall–Kier alpha value is -2.86. The molecule has 0 saturated heterocycles. The van der Waals surface area contributed by atoms with Gasteiger partial charge in [-0.1, -0.05) is 49.4 Å². The molecule has 0 saturated carbocycles. The molecule has 2 unspecified atom stereocenters. The maximum absolute atomic E-state index is 12.6. The number of aryl methyl sites for hydroxylation is 1. The fourth-order valence-electron chi connectivity index (χ4n) is 2.82. The standard InChI is InChI=1S/C25H33NO5/c1-5-22(26)30-23(27)21(24(28)31-25(2,3)4)16-13-18-11-14-20(15-12-18)29-17-19-9-7-6-8-10-19/h6-12,14-15,21-22H,5,13,16-17,26H2,1-4H3. The highest BCUT2D eigenvalue weighted by Gasteiger charge is 2.33. The molecular formula is C25H33NO5. The van der Waals surface area contributed by atoms with Crippen LogP contribution in [0.4, 0.5) is 0 Å². The Bertz CT molecular complexity index is 827. The minimum Gasteiger partial charge on any atom is -0.489 e. The first-order chi connectivity index (χ1) is 14.7. The number of carbonyl (C=O) groups excluding carboxylic acids is 2. The molecule has 31 heavy (non-hydrogen) atoms. The Labute approximate surface area is 184 Å². The molecule has 6 heteroatoms. The van der Waals surface area contributed by atoms with Crippen LogP contribution in [0, 0.1) is 5.92 Å². The van der Waals surface area contributed by atoms with Gasteiger partial charge in [0.1, 0.15) is 18.0 Å². The van der Waals surface area contributed by atoms with Crippen molar-refractivity contribution in [1.82, 2.24) is 0 Å². The first kappa shape index (κ1) is 24.4. The zero-order valence-electron chi connectivity index (χ0n) is 18.8. The maximum Gasteiger partial charge on any atom is 0.321 e. The van der Waals surface area contributed by atoms with Gasteiger partial charge in [-0.25, -0.2) is 0 Å². The first-order valence-corrected chi connectivity index (χ1v) is 10.6. The summed E-state index contributed by atoms with van der Waals surface area (Å²) in [7, 11) is 0. The molecule has 0 aromatic heterocycles. The Kier molecular flexibility index (Phi) is 9.06. The molecular weight excluding hydrogens is 394 g/mol. The van der Waals surface area contributed by atoms with Crippen LogP contribution < -0.4 is 10.5 Å². The summed E-state index contributed by atoms with van der Waals surface area (Å²) in [4.78, 5) is 25.1. The van der Waals surface area contributed by atoms with E-state index in [0.29, 0.717) is 19.4 Å². The average molecular weight is 428 g/mol. The molecule has 168 valence electrons. The monoisotopic (exact) mass is 427 g/mol. The van der Waals surface area contributed by atoms with Crippen molar-refractivity contribution >= 4 is 11.9 Å². The maximum atomic E-state index is 12.6. The second-order valence-corrected chi connectivity index (χ2v) is 8.43. The molecule has 0 radical (unpaired) electrons. The van der Waals surface area contributed by atoms with Crippen LogP contribution in [0.3, 0.4) is 0 Å². The van der Waals surface area contributed by atoms with Gasteiger partial charge in [0.05, 0.1) is 0 Å². The van der Waals surface area contributed by atoms with Gasteiger partial charge in [0, 0.05) is 0 Å². The van der Waals surface area contributed by atoms with Crippen LogP contribution in [0.5, 0.6) is 5.75 Å². The zero-order chi connectivity index (χ0) is 22.9. The summed E-state index contributed by atoms with van der Waals surface area (Å²) in [5, 5.41) is 0. The topological polar surface area (TPSA) is 87.9 Å². The van der Waals surface area contributed by atoms with E-state index in [1.807, 2.05) is 61.5 Å². The van der Waals surface area contributed by atoms with Crippen molar-refractivity contribution in [3.8, 4) is 5.75 Å². The summed E-state index contributed by atoms with van der Waals surface area (Å²) in [5.41, 5.74) is 7.10. The quantitative estimate of drug-likeness (QED) is 0.344. The van der Waals surface area contributed by atoms with Crippen LogP contribution in [-0.4, -0.2) is 23.8 Å². The number of esters is 2. The van der Waals surface area contributed by atoms with Gasteiger partial charge in [-0.3, -0.25) is 15.3 Å². The third kappa shape index (κ3) is 8.80. The van der Waals surface area contributed by atoms with Gasteiger partial charge in [-0.05, 0) is 63.3 Å². The number of rotatable bonds is 10. The molecule has 0 heterocycles. The predicted molar refractivity (Wildman–Crippen MR) is 119 cm³/mol. The van der Waals surface area contributed by atoms with E-state index in [1.54, 1.807) is 20.8 Å². The van der Waals surface area contributed by atoms with Crippen LogP contribution in [0.2, 0.25) is 0 Å². The molecule has 0 amide bonds. The van der Waals surface area contributed by atoms with E-state index in [4.69, 9.17) is 19.9 Å². The lowest BCUT2D eigenvalue weighted by atomic mass is 9.99. The van der Waals surface area contributed by atoms with Gasteiger partial charge in [0.2, 0.25) is 0 Å². The van der Waals surface area contributed by atoms with Crippen LogP contribution in [0.15, 0.2) is 54.6 Å². The van der Waals surface area contributed by atoms with E-state index in [1.165, 1.54) is 0 Å². The smallest absolute Gasteiger partial charge is 0.321 e. The highest BCUT2D eigenvalue weighted by molar-refractivity contribution is 5.95. The normalized spacial score (nSPS) is 13.2. The van der Waals surface area contributed by atoms with E-state index < -0.39 is 29.7 Å². The molecule has 2 N–H and O–H groups in total. The SMILES string of the molecule is CCC(N)OC(=O)C(CCc1ccc(OCc2ccccc2)cc1)C(=O)OC(C)(C)C. The van der Waals surface area contributed by atoms with Crippen molar-refractivity contribution in [2.24, 2.45) is 11.7 Å². The van der Waals surface area contributed by atoms with Crippen molar-refractivity contribution in [3.05, 3.63) is 65.7 Å². The van der Waals surface area contributed by atoms with Gasteiger partial charge in [-0.15, -0.1) is 0 Å². The van der Waals surface area contributed by atoms with Gasteiger partial charge in [0.15, 0.2) is 12.1 Å². The lowest BCUT2D eigenvalue weighted by Crippen LogP contribution is -2.37. The average Bonchev–Trinajstić information content (AvgIpc) is 2.72. The summed E-state index contributed by atoms with van der Waals surface area (Å²) >= 11 is 0. The van der Waals surface area contributed by atoms with Gasteiger partial charge < -0.3 is 14.2 Å². The number of ether oxygens (including phenoxy) is 3. The Balaban J connectivity index is 1.97. The van der Waals surface area contributed by atoms with Crippen LogP contribution in [0.25, 0.3) is 0 Å². The highest BCUT2D eigenvalue weighted by atomic mass is 16.6. The molecule has 6 nitrogen and oxygen atoms in total. The Morgan fingerprint density at radius 3 is 2.16 bits per heavy atom. The summed E-state index contributed by atoms with van der Waals surface area (Å²) in [6.45, 7) is 7.59. The van der Waals surface area contributed by atoms with Gasteiger partial charge in [0.25, 0.3) is 0 Å². The number of hydrogen-bond acceptors (Lipinski definition) is 6. The molecule has 0 aliphatic rings. The van der Waals surface area contributed by atoms with Crippen molar-refractivity contribution in [2.75, 3.05) is 0 Å². The second kappa shape index (κ2) is 11.5. The number of nitrogens with two attached hydrogens (primary N) is 1. The Morgan fingerprint density at radius 2 is 1.58 bits per heavy atom. The third-order valence-electron chi connectivity index (χ3n) is 4.54. The van der Waals surface area contributed by atoms with Crippen molar-refractivity contribution in [3.63, 3.8) is 0 Å². The minimum absolute atomic E-state index is 0.272. The fraction of sp³-hybridized carbons (Fsp3) is 0.440. The molecule has 0 fully saturated rings. The predicted octanol–water partition coefficient (Wildman–Crippen LogP) is 4.39. The van der Waals surface area contributed by atoms with Crippen LogP contribution in [0.1, 0.15) is 51.7 Å². The molecule has 2 aromatic rings. The molecule has 0 spiro atoms. The van der Waals surface area contributed by atoms with E-state index in [-0.39, 0.29) is 6.42 Å². The number of benzene rings is 2. The van der Waals surface area contributed by atoms with Crippen LogP contribution >= 0.6 is 0 Å². The van der Waals surface area contributed by atoms with Crippen molar-refractivity contribution in [1.29, 1.82) is 0 Å². The largest absolute Gasteiger partial charge is 0.489 e. The Morgan fingerprint density at radius 1 is 0.935 bits per heavy atom. The zero-order valence-corrected chi connectivity index (χ0v) is 18.8. The first-order valence-electron chi connectivity index (χ1n) is 10.6. The second-order valence-electron chi connectivity index (χ2n) is 8.43. The minimum atomic E-state index is -1.02. The van der Waals surface area contributed by atoms with E-state index in [2.05, 4.69) is 0 Å². The molecule has 0 aliphatic heterocycles. The fourth-order valence-corrected chi connectivity index (χ4v) is 2.82. The number of hydrogen-bond donors (Lipinski definition) is 1. The molecule has 0 bridgehead atoms. The van der Waals surface area contributed by atoms with Gasteiger partial charge >= 0.3 is 11.9 Å². The highest BCUT2D eigenvalue weighted by Crippen LogP contribution is 2.20. The van der Waals surface area contributed by atoms with Crippen molar-refractivity contribution < 1.29 is 23.8 Å². The molecule has 2 aromatic carbocycles. The van der Waals surface area contributed by atoms with Gasteiger partial charge in [-0.2, -0.15) is 0 Å². The summed E-state index contributed by atoms with van der Waals surface area (Å²) in [6.07, 6.45) is 0.517. The lowest BCUT2D eigenvalue weighted by molar-refractivity contribution is -0.171. The number of carbonyl (C=O) groups is 2. The van der Waals surface area contributed by atoms with E-state index >= 15 is 0 Å². The van der Waals surface area contributed by atoms with E-state index in [9.17, 15) is 9.59 Å². The lowest BCUT2D eigenvalue weighted by Gasteiger charge is -2.24. The van der Waals surface area contributed by atoms with E-state index in [0.717, 1.165) is 16.9 Å². The third-order valence-corrected chi connectivity index (χ3v) is 4.54. The molecule has 0 aliphatic carbocycles. The summed E-state index contributed by atoms with van der Waals surface area (Å²) in [5.74, 6) is -1.51. The summed E-state index contributed by atoms with van der Waals surface area (Å²) in [6, 6.07) is 17.5.